The third kappa shape index (κ3) is 5.44. The number of hydrogen-bond acceptors (Lipinski definition) is 4. The molecular weight excluding hydrogens is 258 g/mol. The van der Waals surface area contributed by atoms with Crippen LogP contribution >= 0.6 is 0 Å². The molecular formula is C15H17NO4. The number of alkyl carbamates (subject to hydrolysis) is 1. The van der Waals surface area contributed by atoms with Gasteiger partial charge < -0.3 is 15.2 Å². The highest BCUT2D eigenvalue weighted by molar-refractivity contribution is 5.79. The minimum atomic E-state index is -0.548. The first-order valence-electron chi connectivity index (χ1n) is 6.06. The lowest BCUT2D eigenvalue weighted by Crippen LogP contribution is -2.32. The van der Waals surface area contributed by atoms with Gasteiger partial charge in [-0.25, -0.2) is 4.79 Å². The molecule has 20 heavy (non-hydrogen) atoms. The standard InChI is InChI=1S/C15H17NO4/c1-15(2,3)20-14(19)16-8-4-5-11-6-7-12(10-17)13(18)9-11/h6-7,9-10,18H,8H2,1-3H3,(H,16,19). The van der Waals surface area contributed by atoms with E-state index in [1.807, 2.05) is 0 Å². The molecule has 5 nitrogen and oxygen atoms in total. The zero-order valence-electron chi connectivity index (χ0n) is 11.7. The summed E-state index contributed by atoms with van der Waals surface area (Å²) in [6.07, 6.45) is 0.0299. The van der Waals surface area contributed by atoms with E-state index in [9.17, 15) is 14.7 Å². The zero-order valence-corrected chi connectivity index (χ0v) is 11.7. The van der Waals surface area contributed by atoms with Gasteiger partial charge in [-0.3, -0.25) is 4.79 Å². The Morgan fingerprint density at radius 3 is 2.70 bits per heavy atom. The van der Waals surface area contributed by atoms with Gasteiger partial charge in [0.05, 0.1) is 12.1 Å². The van der Waals surface area contributed by atoms with E-state index >= 15 is 0 Å². The molecule has 0 saturated carbocycles. The van der Waals surface area contributed by atoms with E-state index < -0.39 is 11.7 Å². The van der Waals surface area contributed by atoms with Crippen LogP contribution < -0.4 is 5.32 Å². The summed E-state index contributed by atoms with van der Waals surface area (Å²) < 4.78 is 5.04. The number of phenolic OH excluding ortho intramolecular Hbond substituents is 1. The fourth-order valence-electron chi connectivity index (χ4n) is 1.30. The minimum Gasteiger partial charge on any atom is -0.507 e. The predicted molar refractivity (Wildman–Crippen MR) is 74.6 cm³/mol. The molecule has 0 radical (unpaired) electrons. The second-order valence-electron chi connectivity index (χ2n) is 5.05. The molecule has 0 unspecified atom stereocenters. The molecule has 0 bridgehead atoms. The van der Waals surface area contributed by atoms with E-state index in [1.165, 1.54) is 12.1 Å². The SMILES string of the molecule is CC(C)(C)OC(=O)NCC#Cc1ccc(C=O)c(O)c1. The fourth-order valence-corrected chi connectivity index (χ4v) is 1.30. The molecule has 2 N–H and O–H groups in total. The Kier molecular flexibility index (Phi) is 5.15. The number of aromatic hydroxyl groups is 1. The van der Waals surface area contributed by atoms with Crippen LogP contribution in [0.25, 0.3) is 0 Å². The number of benzene rings is 1. The van der Waals surface area contributed by atoms with Crippen LogP contribution in [0.4, 0.5) is 4.79 Å². The van der Waals surface area contributed by atoms with Crippen LogP contribution in [0.3, 0.4) is 0 Å². The number of ether oxygens (including phenoxy) is 1. The Hall–Kier alpha value is -2.48. The number of amides is 1. The van der Waals surface area contributed by atoms with Crippen molar-refractivity contribution in [1.29, 1.82) is 0 Å². The van der Waals surface area contributed by atoms with Crippen LogP contribution in [0.5, 0.6) is 5.75 Å². The van der Waals surface area contributed by atoms with Crippen molar-refractivity contribution in [2.75, 3.05) is 6.54 Å². The highest BCUT2D eigenvalue weighted by atomic mass is 16.6. The first-order chi connectivity index (χ1) is 9.31. The molecule has 0 fully saturated rings. The molecule has 1 amide bonds. The van der Waals surface area contributed by atoms with Crippen LogP contribution in [-0.4, -0.2) is 29.6 Å². The summed E-state index contributed by atoms with van der Waals surface area (Å²) in [6, 6.07) is 4.49. The summed E-state index contributed by atoms with van der Waals surface area (Å²) in [4.78, 5) is 21.9. The molecule has 1 aromatic carbocycles. The number of carbonyl (C=O) groups is 2. The van der Waals surface area contributed by atoms with Gasteiger partial charge in [0.1, 0.15) is 11.4 Å². The largest absolute Gasteiger partial charge is 0.507 e. The number of hydrogen-bond donors (Lipinski definition) is 2. The lowest BCUT2D eigenvalue weighted by molar-refractivity contribution is 0.0535. The van der Waals surface area contributed by atoms with Gasteiger partial charge in [0.2, 0.25) is 0 Å². The van der Waals surface area contributed by atoms with Gasteiger partial charge in [-0.1, -0.05) is 11.8 Å². The summed E-state index contributed by atoms with van der Waals surface area (Å²) in [5.74, 6) is 5.36. The molecule has 0 spiro atoms. The Labute approximate surface area is 117 Å². The van der Waals surface area contributed by atoms with Crippen molar-refractivity contribution >= 4 is 12.4 Å². The number of rotatable bonds is 2. The maximum Gasteiger partial charge on any atom is 0.408 e. The minimum absolute atomic E-state index is 0.119. The van der Waals surface area contributed by atoms with Crippen molar-refractivity contribution in [2.45, 2.75) is 26.4 Å². The highest BCUT2D eigenvalue weighted by Crippen LogP contribution is 2.15. The van der Waals surface area contributed by atoms with E-state index in [-0.39, 0.29) is 17.9 Å². The van der Waals surface area contributed by atoms with Gasteiger partial charge in [0.15, 0.2) is 6.29 Å². The second kappa shape index (κ2) is 6.62. The second-order valence-corrected chi connectivity index (χ2v) is 5.05. The lowest BCUT2D eigenvalue weighted by atomic mass is 10.1. The Morgan fingerprint density at radius 2 is 2.15 bits per heavy atom. The molecule has 0 saturated heterocycles. The molecule has 0 aromatic heterocycles. The molecule has 0 heterocycles. The molecule has 0 atom stereocenters. The Bertz CT molecular complexity index is 561. The summed E-state index contributed by atoms with van der Waals surface area (Å²) in [6.45, 7) is 5.45. The third-order valence-electron chi connectivity index (χ3n) is 2.11. The summed E-state index contributed by atoms with van der Waals surface area (Å²) in [5, 5.41) is 12.0. The first-order valence-corrected chi connectivity index (χ1v) is 6.06. The van der Waals surface area contributed by atoms with Crippen molar-refractivity contribution < 1.29 is 19.4 Å². The van der Waals surface area contributed by atoms with E-state index in [0.29, 0.717) is 11.8 Å². The molecule has 1 aromatic rings. The zero-order chi connectivity index (χ0) is 15.2. The molecule has 0 aliphatic rings. The van der Waals surface area contributed by atoms with E-state index in [0.717, 1.165) is 0 Å². The quantitative estimate of drug-likeness (QED) is 0.640. The molecule has 0 aliphatic carbocycles. The van der Waals surface area contributed by atoms with Crippen LogP contribution in [0.15, 0.2) is 18.2 Å². The summed E-state index contributed by atoms with van der Waals surface area (Å²) in [5.41, 5.74) is 0.218. The first kappa shape index (κ1) is 15.6. The lowest BCUT2D eigenvalue weighted by Gasteiger charge is -2.18. The predicted octanol–water partition coefficient (Wildman–Crippen LogP) is 2.08. The van der Waals surface area contributed by atoms with Gasteiger partial charge in [-0.15, -0.1) is 0 Å². The van der Waals surface area contributed by atoms with Crippen LogP contribution in [-0.2, 0) is 4.74 Å². The normalized spacial score (nSPS) is 10.2. The Balaban J connectivity index is 2.53. The van der Waals surface area contributed by atoms with E-state index in [2.05, 4.69) is 17.2 Å². The number of phenols is 1. The smallest absolute Gasteiger partial charge is 0.408 e. The maximum atomic E-state index is 11.3. The van der Waals surface area contributed by atoms with Gasteiger partial charge in [-0.2, -0.15) is 0 Å². The number of nitrogens with one attached hydrogen (secondary N) is 1. The van der Waals surface area contributed by atoms with Crippen molar-refractivity contribution in [3.05, 3.63) is 29.3 Å². The van der Waals surface area contributed by atoms with Crippen molar-refractivity contribution in [3.63, 3.8) is 0 Å². The van der Waals surface area contributed by atoms with Crippen molar-refractivity contribution in [3.8, 4) is 17.6 Å². The fraction of sp³-hybridized carbons (Fsp3) is 0.333. The molecule has 1 rings (SSSR count). The molecule has 0 aliphatic heterocycles. The van der Waals surface area contributed by atoms with Crippen molar-refractivity contribution in [2.24, 2.45) is 0 Å². The Morgan fingerprint density at radius 1 is 1.45 bits per heavy atom. The number of aldehydes is 1. The van der Waals surface area contributed by atoms with Crippen LogP contribution in [0.2, 0.25) is 0 Å². The van der Waals surface area contributed by atoms with Crippen LogP contribution in [0, 0.1) is 11.8 Å². The summed E-state index contributed by atoms with van der Waals surface area (Å²) >= 11 is 0. The van der Waals surface area contributed by atoms with E-state index in [4.69, 9.17) is 4.74 Å². The van der Waals surface area contributed by atoms with E-state index in [1.54, 1.807) is 26.8 Å². The summed E-state index contributed by atoms with van der Waals surface area (Å²) in [7, 11) is 0. The third-order valence-corrected chi connectivity index (χ3v) is 2.11. The van der Waals surface area contributed by atoms with Crippen molar-refractivity contribution in [1.82, 2.24) is 5.32 Å². The molecule has 106 valence electrons. The maximum absolute atomic E-state index is 11.3. The van der Waals surface area contributed by atoms with Gasteiger partial charge in [0.25, 0.3) is 0 Å². The average Bonchev–Trinajstić information content (AvgIpc) is 2.33. The monoisotopic (exact) mass is 275 g/mol. The average molecular weight is 275 g/mol. The molecule has 5 heteroatoms. The topological polar surface area (TPSA) is 75.6 Å². The number of carbonyl (C=O) groups excluding carboxylic acids is 2. The van der Waals surface area contributed by atoms with Crippen LogP contribution in [0.1, 0.15) is 36.7 Å². The van der Waals surface area contributed by atoms with Gasteiger partial charge >= 0.3 is 6.09 Å². The highest BCUT2D eigenvalue weighted by Gasteiger charge is 2.14. The van der Waals surface area contributed by atoms with Gasteiger partial charge in [0, 0.05) is 5.56 Å². The van der Waals surface area contributed by atoms with Gasteiger partial charge in [-0.05, 0) is 39.0 Å².